The fraction of sp³-hybridized carbons (Fsp3) is 0.364. The molecule has 0 fully saturated rings. The van der Waals surface area contributed by atoms with E-state index in [1.165, 1.54) is 11.1 Å². The molecule has 0 saturated heterocycles. The number of amides is 1. The lowest BCUT2D eigenvalue weighted by Gasteiger charge is -2.17. The van der Waals surface area contributed by atoms with Gasteiger partial charge in [-0.15, -0.1) is 24.0 Å². The van der Waals surface area contributed by atoms with Gasteiger partial charge in [0.2, 0.25) is 5.91 Å². The van der Waals surface area contributed by atoms with Gasteiger partial charge in [-0.3, -0.25) is 9.79 Å². The molecular formula is C22H29IN4O. The predicted molar refractivity (Wildman–Crippen MR) is 127 cm³/mol. The second kappa shape index (κ2) is 11.7. The van der Waals surface area contributed by atoms with Gasteiger partial charge in [-0.1, -0.05) is 48.5 Å². The maximum Gasteiger partial charge on any atom is 0.227 e. The fourth-order valence-corrected chi connectivity index (χ4v) is 3.37. The summed E-state index contributed by atoms with van der Waals surface area (Å²) in [7, 11) is 1.77. The molecule has 0 atom stereocenters. The van der Waals surface area contributed by atoms with Crippen LogP contribution in [0.5, 0.6) is 0 Å². The molecule has 5 nitrogen and oxygen atoms in total. The number of nitrogens with one attached hydrogen (secondary N) is 2. The Bertz CT molecular complexity index is 779. The Morgan fingerprint density at radius 1 is 1.04 bits per heavy atom. The van der Waals surface area contributed by atoms with Crippen LogP contribution in [0, 0.1) is 0 Å². The molecular weight excluding hydrogens is 463 g/mol. The van der Waals surface area contributed by atoms with Crippen LogP contribution >= 0.6 is 24.0 Å². The van der Waals surface area contributed by atoms with Gasteiger partial charge < -0.3 is 15.5 Å². The average molecular weight is 492 g/mol. The maximum absolute atomic E-state index is 12.5. The Hall–Kier alpha value is -2.09. The van der Waals surface area contributed by atoms with Gasteiger partial charge in [0.15, 0.2) is 5.96 Å². The number of hydrogen-bond acceptors (Lipinski definition) is 2. The third-order valence-corrected chi connectivity index (χ3v) is 4.82. The van der Waals surface area contributed by atoms with Crippen LogP contribution in [0.15, 0.2) is 59.6 Å². The van der Waals surface area contributed by atoms with E-state index in [1.807, 2.05) is 29.2 Å². The molecule has 0 unspecified atom stereocenters. The van der Waals surface area contributed by atoms with Crippen LogP contribution < -0.4 is 15.5 Å². The molecule has 150 valence electrons. The lowest BCUT2D eigenvalue weighted by Crippen LogP contribution is -2.39. The van der Waals surface area contributed by atoms with E-state index in [1.54, 1.807) is 7.05 Å². The second-order valence-electron chi connectivity index (χ2n) is 6.69. The minimum absolute atomic E-state index is 0. The van der Waals surface area contributed by atoms with Crippen LogP contribution in [0.1, 0.15) is 24.0 Å². The molecule has 0 spiro atoms. The lowest BCUT2D eigenvalue weighted by molar-refractivity contribution is -0.118. The summed E-state index contributed by atoms with van der Waals surface area (Å²) < 4.78 is 0. The van der Waals surface area contributed by atoms with Crippen LogP contribution in [0.25, 0.3) is 0 Å². The number of para-hydroxylation sites is 1. The van der Waals surface area contributed by atoms with E-state index in [-0.39, 0.29) is 29.9 Å². The summed E-state index contributed by atoms with van der Waals surface area (Å²) in [5, 5.41) is 6.61. The van der Waals surface area contributed by atoms with Crippen molar-refractivity contribution >= 4 is 41.5 Å². The molecule has 28 heavy (non-hydrogen) atoms. The molecule has 0 radical (unpaired) electrons. The fourth-order valence-electron chi connectivity index (χ4n) is 3.37. The number of guanidine groups is 1. The summed E-state index contributed by atoms with van der Waals surface area (Å²) in [4.78, 5) is 18.7. The number of anilines is 1. The highest BCUT2D eigenvalue weighted by atomic mass is 127. The van der Waals surface area contributed by atoms with Gasteiger partial charge in [-0.2, -0.15) is 0 Å². The zero-order chi connectivity index (χ0) is 18.9. The first kappa shape index (κ1) is 22.2. The van der Waals surface area contributed by atoms with E-state index >= 15 is 0 Å². The van der Waals surface area contributed by atoms with Crippen LogP contribution in [0.2, 0.25) is 0 Å². The monoisotopic (exact) mass is 492 g/mol. The molecule has 2 aromatic carbocycles. The summed E-state index contributed by atoms with van der Waals surface area (Å²) in [6.45, 7) is 2.35. The number of benzene rings is 2. The molecule has 6 heteroatoms. The van der Waals surface area contributed by atoms with Crippen molar-refractivity contribution in [1.29, 1.82) is 0 Å². The van der Waals surface area contributed by atoms with Gasteiger partial charge in [0.25, 0.3) is 0 Å². The van der Waals surface area contributed by atoms with E-state index in [2.05, 4.69) is 46.0 Å². The number of nitrogens with zero attached hydrogens (tertiary/aromatic N) is 2. The number of halogens is 1. The zero-order valence-electron chi connectivity index (χ0n) is 16.4. The number of aliphatic imine (C=N–C) groups is 1. The van der Waals surface area contributed by atoms with Gasteiger partial charge >= 0.3 is 0 Å². The second-order valence-corrected chi connectivity index (χ2v) is 6.69. The molecule has 2 aromatic rings. The number of rotatable bonds is 7. The largest absolute Gasteiger partial charge is 0.356 e. The van der Waals surface area contributed by atoms with Crippen molar-refractivity contribution in [3.63, 3.8) is 0 Å². The van der Waals surface area contributed by atoms with Gasteiger partial charge in [0.05, 0.1) is 0 Å². The van der Waals surface area contributed by atoms with E-state index in [0.717, 1.165) is 50.5 Å². The average Bonchev–Trinajstić information content (AvgIpc) is 3.14. The lowest BCUT2D eigenvalue weighted by atomic mass is 10.1. The van der Waals surface area contributed by atoms with Crippen molar-refractivity contribution in [2.75, 3.05) is 31.6 Å². The molecule has 1 aliphatic rings. The highest BCUT2D eigenvalue weighted by molar-refractivity contribution is 14.0. The van der Waals surface area contributed by atoms with Crippen LogP contribution in [0.4, 0.5) is 5.69 Å². The van der Waals surface area contributed by atoms with Gasteiger partial charge in [0, 0.05) is 38.8 Å². The molecule has 0 aliphatic carbocycles. The van der Waals surface area contributed by atoms with Gasteiger partial charge in [-0.05, 0) is 36.5 Å². The molecule has 0 bridgehead atoms. The van der Waals surface area contributed by atoms with Crippen molar-refractivity contribution in [2.45, 2.75) is 25.7 Å². The Labute approximate surface area is 184 Å². The van der Waals surface area contributed by atoms with Crippen LogP contribution in [-0.2, 0) is 17.6 Å². The smallest absolute Gasteiger partial charge is 0.227 e. The van der Waals surface area contributed by atoms with Crippen molar-refractivity contribution in [1.82, 2.24) is 10.6 Å². The molecule has 0 aromatic heterocycles. The van der Waals surface area contributed by atoms with Crippen molar-refractivity contribution in [3.8, 4) is 0 Å². The summed E-state index contributed by atoms with van der Waals surface area (Å²) in [6, 6.07) is 18.6. The van der Waals surface area contributed by atoms with Crippen molar-refractivity contribution in [3.05, 3.63) is 65.7 Å². The highest BCUT2D eigenvalue weighted by Crippen LogP contribution is 2.27. The normalized spacial score (nSPS) is 12.9. The molecule has 1 aliphatic heterocycles. The standard InChI is InChI=1S/C22H28N4O.HI/c1-23-22(25-16-13-18-8-3-2-4-9-18)24-15-7-12-21(27)26-17-14-19-10-5-6-11-20(19)26;/h2-6,8-11H,7,12-17H2,1H3,(H2,23,24,25);1H. The Kier molecular flexibility index (Phi) is 9.27. The quantitative estimate of drug-likeness (QED) is 0.270. The number of carbonyl (C=O) groups is 1. The first-order valence-electron chi connectivity index (χ1n) is 9.64. The van der Waals surface area contributed by atoms with E-state index < -0.39 is 0 Å². The Morgan fingerprint density at radius 3 is 2.54 bits per heavy atom. The summed E-state index contributed by atoms with van der Waals surface area (Å²) in [5.41, 5.74) is 3.65. The van der Waals surface area contributed by atoms with Crippen LogP contribution in [0.3, 0.4) is 0 Å². The first-order valence-corrected chi connectivity index (χ1v) is 9.64. The third-order valence-electron chi connectivity index (χ3n) is 4.82. The van der Waals surface area contributed by atoms with E-state index in [4.69, 9.17) is 0 Å². The van der Waals surface area contributed by atoms with E-state index in [0.29, 0.717) is 6.42 Å². The van der Waals surface area contributed by atoms with Crippen molar-refractivity contribution < 1.29 is 4.79 Å². The Morgan fingerprint density at radius 2 is 1.75 bits per heavy atom. The minimum Gasteiger partial charge on any atom is -0.356 e. The van der Waals surface area contributed by atoms with Gasteiger partial charge in [-0.25, -0.2) is 0 Å². The maximum atomic E-state index is 12.5. The molecule has 1 amide bonds. The zero-order valence-corrected chi connectivity index (χ0v) is 18.7. The summed E-state index contributed by atoms with van der Waals surface area (Å²) in [6.07, 6.45) is 3.24. The van der Waals surface area contributed by atoms with Gasteiger partial charge in [0.1, 0.15) is 0 Å². The number of hydrogen-bond donors (Lipinski definition) is 2. The predicted octanol–water partition coefficient (Wildman–Crippen LogP) is 3.38. The minimum atomic E-state index is 0. The number of fused-ring (bicyclic) bond motifs is 1. The summed E-state index contributed by atoms with van der Waals surface area (Å²) in [5.74, 6) is 0.985. The molecule has 3 rings (SSSR count). The molecule has 0 saturated carbocycles. The summed E-state index contributed by atoms with van der Waals surface area (Å²) >= 11 is 0. The highest BCUT2D eigenvalue weighted by Gasteiger charge is 2.23. The van der Waals surface area contributed by atoms with Crippen LogP contribution in [-0.4, -0.2) is 38.5 Å². The third kappa shape index (κ3) is 6.22. The first-order chi connectivity index (χ1) is 13.3. The topological polar surface area (TPSA) is 56.7 Å². The van der Waals surface area contributed by atoms with Crippen molar-refractivity contribution in [2.24, 2.45) is 4.99 Å². The molecule has 2 N–H and O–H groups in total. The van der Waals surface area contributed by atoms with E-state index in [9.17, 15) is 4.79 Å². The molecule has 1 heterocycles. The Balaban J connectivity index is 0.00000280. The number of carbonyl (C=O) groups excluding carboxylic acids is 1. The SMILES string of the molecule is CN=C(NCCCC(=O)N1CCc2ccccc21)NCCc1ccccc1.I.